The number of rotatable bonds is 7. The first-order chi connectivity index (χ1) is 8.92. The quantitative estimate of drug-likeness (QED) is 0.608. The van der Waals surface area contributed by atoms with Gasteiger partial charge in [0.05, 0.1) is 23.2 Å². The number of nitro groups is 1. The summed E-state index contributed by atoms with van der Waals surface area (Å²) in [6.07, 6.45) is -0.0125. The Labute approximate surface area is 112 Å². The van der Waals surface area contributed by atoms with Crippen molar-refractivity contribution in [1.82, 2.24) is 0 Å². The molecule has 1 aromatic carbocycles. The van der Waals surface area contributed by atoms with Crippen molar-refractivity contribution < 1.29 is 14.4 Å². The molecule has 0 aliphatic rings. The molecule has 6 nitrogen and oxygen atoms in total. The third-order valence-electron chi connectivity index (χ3n) is 2.47. The average molecular weight is 268 g/mol. The normalized spacial score (nSPS) is 12.3. The molecule has 0 aliphatic heterocycles. The van der Waals surface area contributed by atoms with E-state index in [-0.39, 0.29) is 17.9 Å². The SMILES string of the molecule is COC(C)CNc1cc(OC(C)C)cc([N+](=O)[O-])c1. The van der Waals surface area contributed by atoms with Crippen LogP contribution < -0.4 is 10.1 Å². The van der Waals surface area contributed by atoms with Crippen molar-refractivity contribution >= 4 is 11.4 Å². The van der Waals surface area contributed by atoms with Gasteiger partial charge < -0.3 is 14.8 Å². The highest BCUT2D eigenvalue weighted by Gasteiger charge is 2.12. The molecule has 0 bridgehead atoms. The first-order valence-electron chi connectivity index (χ1n) is 6.15. The van der Waals surface area contributed by atoms with Crippen LogP contribution in [0.3, 0.4) is 0 Å². The Hall–Kier alpha value is -1.82. The maximum Gasteiger partial charge on any atom is 0.275 e. The fourth-order valence-corrected chi connectivity index (χ4v) is 1.48. The predicted molar refractivity (Wildman–Crippen MR) is 73.8 cm³/mol. The van der Waals surface area contributed by atoms with Gasteiger partial charge in [0.1, 0.15) is 5.75 Å². The van der Waals surface area contributed by atoms with Crippen LogP contribution in [0, 0.1) is 10.1 Å². The highest BCUT2D eigenvalue weighted by molar-refractivity contribution is 5.56. The number of nitro benzene ring substituents is 1. The molecule has 0 aliphatic carbocycles. The van der Waals surface area contributed by atoms with Crippen LogP contribution in [-0.2, 0) is 4.74 Å². The van der Waals surface area contributed by atoms with E-state index in [0.29, 0.717) is 18.0 Å². The van der Waals surface area contributed by atoms with Crippen molar-refractivity contribution in [2.45, 2.75) is 33.0 Å². The van der Waals surface area contributed by atoms with E-state index in [2.05, 4.69) is 5.32 Å². The minimum Gasteiger partial charge on any atom is -0.491 e. The van der Waals surface area contributed by atoms with Gasteiger partial charge in [-0.15, -0.1) is 0 Å². The van der Waals surface area contributed by atoms with E-state index in [0.717, 1.165) is 0 Å². The lowest BCUT2D eigenvalue weighted by atomic mass is 10.2. The molecular weight excluding hydrogens is 248 g/mol. The van der Waals surface area contributed by atoms with Crippen LogP contribution in [0.5, 0.6) is 5.75 Å². The maximum atomic E-state index is 10.9. The molecular formula is C13H20N2O4. The number of methoxy groups -OCH3 is 1. The van der Waals surface area contributed by atoms with Gasteiger partial charge in [-0.2, -0.15) is 0 Å². The Morgan fingerprint density at radius 2 is 2.00 bits per heavy atom. The third-order valence-corrected chi connectivity index (χ3v) is 2.47. The zero-order valence-electron chi connectivity index (χ0n) is 11.7. The molecule has 0 saturated carbocycles. The number of ether oxygens (including phenoxy) is 2. The molecule has 0 radical (unpaired) electrons. The Balaban J connectivity index is 2.89. The monoisotopic (exact) mass is 268 g/mol. The van der Waals surface area contributed by atoms with E-state index in [1.54, 1.807) is 13.2 Å². The number of nitrogens with zero attached hydrogens (tertiary/aromatic N) is 1. The highest BCUT2D eigenvalue weighted by atomic mass is 16.6. The van der Waals surface area contributed by atoms with Crippen molar-refractivity contribution in [1.29, 1.82) is 0 Å². The average Bonchev–Trinajstić information content (AvgIpc) is 2.34. The summed E-state index contributed by atoms with van der Waals surface area (Å²) in [7, 11) is 1.62. The van der Waals surface area contributed by atoms with E-state index in [9.17, 15) is 10.1 Å². The van der Waals surface area contributed by atoms with E-state index in [1.165, 1.54) is 12.1 Å². The first kappa shape index (κ1) is 15.2. The van der Waals surface area contributed by atoms with Crippen molar-refractivity contribution in [2.75, 3.05) is 19.0 Å². The molecule has 0 aromatic heterocycles. The van der Waals surface area contributed by atoms with Crippen LogP contribution in [0.15, 0.2) is 18.2 Å². The lowest BCUT2D eigenvalue weighted by Crippen LogP contribution is -2.18. The number of hydrogen-bond donors (Lipinski definition) is 1. The number of hydrogen-bond acceptors (Lipinski definition) is 5. The fraction of sp³-hybridized carbons (Fsp3) is 0.538. The van der Waals surface area contributed by atoms with Crippen molar-refractivity contribution in [2.24, 2.45) is 0 Å². The topological polar surface area (TPSA) is 73.6 Å². The van der Waals surface area contributed by atoms with E-state index in [1.807, 2.05) is 20.8 Å². The minimum absolute atomic E-state index is 0.00530. The molecule has 106 valence electrons. The lowest BCUT2D eigenvalue weighted by molar-refractivity contribution is -0.384. The second kappa shape index (κ2) is 6.94. The van der Waals surface area contributed by atoms with Gasteiger partial charge in [0.2, 0.25) is 0 Å². The predicted octanol–water partition coefficient (Wildman–Crippen LogP) is 2.83. The molecule has 1 rings (SSSR count). The molecule has 1 aromatic rings. The van der Waals surface area contributed by atoms with Gasteiger partial charge in [-0.3, -0.25) is 10.1 Å². The Morgan fingerprint density at radius 3 is 2.53 bits per heavy atom. The van der Waals surface area contributed by atoms with Gasteiger partial charge in [-0.25, -0.2) is 0 Å². The van der Waals surface area contributed by atoms with Crippen LogP contribution in [0.25, 0.3) is 0 Å². The van der Waals surface area contributed by atoms with Crippen LogP contribution in [0.1, 0.15) is 20.8 Å². The zero-order chi connectivity index (χ0) is 14.4. The summed E-state index contributed by atoms with van der Waals surface area (Å²) in [5.41, 5.74) is 0.652. The molecule has 0 amide bonds. The largest absolute Gasteiger partial charge is 0.491 e. The van der Waals surface area contributed by atoms with Gasteiger partial charge in [-0.1, -0.05) is 0 Å². The highest BCUT2D eigenvalue weighted by Crippen LogP contribution is 2.26. The lowest BCUT2D eigenvalue weighted by Gasteiger charge is -2.14. The summed E-state index contributed by atoms with van der Waals surface area (Å²) in [4.78, 5) is 10.5. The van der Waals surface area contributed by atoms with Gasteiger partial charge in [-0.05, 0) is 20.8 Å². The number of anilines is 1. The molecule has 1 unspecified atom stereocenters. The Morgan fingerprint density at radius 1 is 1.32 bits per heavy atom. The number of nitrogens with one attached hydrogen (secondary N) is 1. The van der Waals surface area contributed by atoms with Crippen LogP contribution in [0.4, 0.5) is 11.4 Å². The molecule has 1 N–H and O–H groups in total. The molecule has 0 fully saturated rings. The summed E-state index contributed by atoms with van der Waals surface area (Å²) in [5.74, 6) is 0.483. The summed E-state index contributed by atoms with van der Waals surface area (Å²) in [5, 5.41) is 14.0. The summed E-state index contributed by atoms with van der Waals surface area (Å²) < 4.78 is 10.6. The second-order valence-electron chi connectivity index (χ2n) is 4.57. The third kappa shape index (κ3) is 5.13. The molecule has 6 heteroatoms. The first-order valence-corrected chi connectivity index (χ1v) is 6.15. The molecule has 1 atom stereocenters. The van der Waals surface area contributed by atoms with E-state index < -0.39 is 4.92 Å². The summed E-state index contributed by atoms with van der Waals surface area (Å²) in [6, 6.07) is 4.65. The van der Waals surface area contributed by atoms with Crippen LogP contribution in [-0.4, -0.2) is 30.8 Å². The van der Waals surface area contributed by atoms with Gasteiger partial charge in [0.25, 0.3) is 5.69 Å². The Kier molecular flexibility index (Phi) is 5.57. The number of non-ortho nitro benzene ring substituents is 1. The minimum atomic E-state index is -0.432. The molecule has 0 heterocycles. The standard InChI is InChI=1S/C13H20N2O4/c1-9(2)19-13-6-11(14-8-10(3)18-4)5-12(7-13)15(16)17/h5-7,9-10,14H,8H2,1-4H3. The molecule has 0 spiro atoms. The van der Waals surface area contributed by atoms with Crippen molar-refractivity contribution in [3.05, 3.63) is 28.3 Å². The number of benzene rings is 1. The van der Waals surface area contributed by atoms with E-state index >= 15 is 0 Å². The van der Waals surface area contributed by atoms with Crippen LogP contribution in [0.2, 0.25) is 0 Å². The zero-order valence-corrected chi connectivity index (χ0v) is 11.7. The smallest absolute Gasteiger partial charge is 0.275 e. The van der Waals surface area contributed by atoms with Gasteiger partial charge >= 0.3 is 0 Å². The summed E-state index contributed by atoms with van der Waals surface area (Å²) >= 11 is 0. The Bertz CT molecular complexity index is 435. The van der Waals surface area contributed by atoms with Gasteiger partial charge in [0.15, 0.2) is 0 Å². The molecule has 19 heavy (non-hydrogen) atoms. The maximum absolute atomic E-state index is 10.9. The van der Waals surface area contributed by atoms with E-state index in [4.69, 9.17) is 9.47 Å². The molecule has 0 saturated heterocycles. The van der Waals surface area contributed by atoms with Crippen molar-refractivity contribution in [3.8, 4) is 5.75 Å². The summed E-state index contributed by atoms with van der Waals surface area (Å²) in [6.45, 7) is 6.23. The van der Waals surface area contributed by atoms with Crippen molar-refractivity contribution in [3.63, 3.8) is 0 Å². The van der Waals surface area contributed by atoms with Crippen LogP contribution >= 0.6 is 0 Å². The second-order valence-corrected chi connectivity index (χ2v) is 4.57. The van der Waals surface area contributed by atoms with Gasteiger partial charge in [0, 0.05) is 31.5 Å². The fourth-order valence-electron chi connectivity index (χ4n) is 1.48.